The SMILES string of the molecule is COc1ccc(C)cc1NC(=O)c1cc2cccc(OC)c2oc1=N. The van der Waals surface area contributed by atoms with Crippen LogP contribution in [0.3, 0.4) is 0 Å². The molecule has 0 aliphatic heterocycles. The van der Waals surface area contributed by atoms with Crippen molar-refractivity contribution in [3.05, 3.63) is 59.1 Å². The second kappa shape index (κ2) is 6.68. The van der Waals surface area contributed by atoms with Crippen molar-refractivity contribution in [1.82, 2.24) is 0 Å². The number of carbonyl (C=O) groups excluding carboxylic acids is 1. The van der Waals surface area contributed by atoms with Crippen LogP contribution in [0.25, 0.3) is 11.0 Å². The molecule has 0 radical (unpaired) electrons. The Labute approximate surface area is 144 Å². The van der Waals surface area contributed by atoms with Crippen LogP contribution in [0.5, 0.6) is 11.5 Å². The number of anilines is 1. The summed E-state index contributed by atoms with van der Waals surface area (Å²) in [4.78, 5) is 12.6. The maximum absolute atomic E-state index is 12.6. The summed E-state index contributed by atoms with van der Waals surface area (Å²) >= 11 is 0. The minimum absolute atomic E-state index is 0.129. The highest BCUT2D eigenvalue weighted by Gasteiger charge is 2.15. The van der Waals surface area contributed by atoms with Gasteiger partial charge in [-0.1, -0.05) is 18.2 Å². The maximum Gasteiger partial charge on any atom is 0.261 e. The van der Waals surface area contributed by atoms with Crippen LogP contribution in [0.1, 0.15) is 15.9 Å². The molecule has 3 rings (SSSR count). The first kappa shape index (κ1) is 16.6. The Hall–Kier alpha value is -3.28. The summed E-state index contributed by atoms with van der Waals surface area (Å²) in [6, 6.07) is 12.4. The van der Waals surface area contributed by atoms with Gasteiger partial charge in [0.2, 0.25) is 5.55 Å². The van der Waals surface area contributed by atoms with Gasteiger partial charge in [0.05, 0.1) is 19.9 Å². The number of hydrogen-bond acceptors (Lipinski definition) is 5. The highest BCUT2D eigenvalue weighted by Crippen LogP contribution is 2.27. The first-order chi connectivity index (χ1) is 12.0. The number of methoxy groups -OCH3 is 2. The molecule has 0 fully saturated rings. The van der Waals surface area contributed by atoms with Crippen LogP contribution in [0, 0.1) is 12.3 Å². The van der Waals surface area contributed by atoms with Gasteiger partial charge in [0, 0.05) is 5.39 Å². The topological polar surface area (TPSA) is 84.6 Å². The number of hydrogen-bond donors (Lipinski definition) is 2. The molecule has 0 spiro atoms. The zero-order valence-corrected chi connectivity index (χ0v) is 14.2. The Morgan fingerprint density at radius 2 is 1.84 bits per heavy atom. The summed E-state index contributed by atoms with van der Waals surface area (Å²) in [7, 11) is 3.06. The Morgan fingerprint density at radius 3 is 2.56 bits per heavy atom. The monoisotopic (exact) mass is 338 g/mol. The van der Waals surface area contributed by atoms with E-state index in [1.165, 1.54) is 14.2 Å². The van der Waals surface area contributed by atoms with Crippen LogP contribution in [0.15, 0.2) is 46.9 Å². The minimum atomic E-state index is -0.442. The molecule has 0 saturated heterocycles. The lowest BCUT2D eigenvalue weighted by Crippen LogP contribution is -2.21. The summed E-state index contributed by atoms with van der Waals surface area (Å²) in [5, 5.41) is 11.5. The van der Waals surface area contributed by atoms with Crippen molar-refractivity contribution in [3.63, 3.8) is 0 Å². The van der Waals surface area contributed by atoms with Gasteiger partial charge < -0.3 is 19.2 Å². The summed E-state index contributed by atoms with van der Waals surface area (Å²) in [6.45, 7) is 1.92. The number of rotatable bonds is 4. The van der Waals surface area contributed by atoms with Crippen molar-refractivity contribution in [2.24, 2.45) is 0 Å². The molecule has 6 nitrogen and oxygen atoms in total. The number of fused-ring (bicyclic) bond motifs is 1. The molecule has 0 unspecified atom stereocenters. The number of aryl methyl sites for hydroxylation is 1. The van der Waals surface area contributed by atoms with E-state index in [0.717, 1.165) is 5.56 Å². The molecule has 0 aliphatic carbocycles. The fraction of sp³-hybridized carbons (Fsp3) is 0.158. The quantitative estimate of drug-likeness (QED) is 0.762. The normalized spacial score (nSPS) is 10.5. The second-order valence-corrected chi connectivity index (χ2v) is 5.53. The predicted octanol–water partition coefficient (Wildman–Crippen LogP) is 3.49. The molecular formula is C19H18N2O4. The van der Waals surface area contributed by atoms with Crippen molar-refractivity contribution in [1.29, 1.82) is 5.41 Å². The molecule has 0 bridgehead atoms. The molecule has 3 aromatic rings. The number of ether oxygens (including phenoxy) is 2. The molecule has 1 amide bonds. The van der Waals surface area contributed by atoms with Gasteiger partial charge in [0.1, 0.15) is 11.3 Å². The van der Waals surface area contributed by atoms with Gasteiger partial charge in [-0.05, 0) is 36.8 Å². The Kier molecular flexibility index (Phi) is 4.43. The van der Waals surface area contributed by atoms with Gasteiger partial charge in [0.25, 0.3) is 5.91 Å². The first-order valence-corrected chi connectivity index (χ1v) is 7.65. The third-order valence-electron chi connectivity index (χ3n) is 3.83. The largest absolute Gasteiger partial charge is 0.495 e. The van der Waals surface area contributed by atoms with Crippen LogP contribution in [0.2, 0.25) is 0 Å². The van der Waals surface area contributed by atoms with Gasteiger partial charge in [-0.15, -0.1) is 0 Å². The average Bonchev–Trinajstić information content (AvgIpc) is 2.60. The van der Waals surface area contributed by atoms with Crippen LogP contribution >= 0.6 is 0 Å². The molecule has 1 aromatic heterocycles. The maximum atomic E-state index is 12.6. The summed E-state index contributed by atoms with van der Waals surface area (Å²) < 4.78 is 16.0. The highest BCUT2D eigenvalue weighted by atomic mass is 16.5. The van der Waals surface area contributed by atoms with Crippen molar-refractivity contribution in [2.75, 3.05) is 19.5 Å². The lowest BCUT2D eigenvalue weighted by molar-refractivity contribution is 0.102. The summed E-state index contributed by atoms with van der Waals surface area (Å²) in [5.41, 5.74) is 1.85. The van der Waals surface area contributed by atoms with Gasteiger partial charge in [-0.2, -0.15) is 0 Å². The lowest BCUT2D eigenvalue weighted by atomic mass is 10.1. The molecule has 25 heavy (non-hydrogen) atoms. The Balaban J connectivity index is 2.02. The zero-order valence-electron chi connectivity index (χ0n) is 14.2. The first-order valence-electron chi connectivity index (χ1n) is 7.65. The molecule has 128 valence electrons. The van der Waals surface area contributed by atoms with Crippen molar-refractivity contribution in [3.8, 4) is 11.5 Å². The van der Waals surface area contributed by atoms with Crippen molar-refractivity contribution < 1.29 is 18.7 Å². The van der Waals surface area contributed by atoms with E-state index in [9.17, 15) is 4.79 Å². The van der Waals surface area contributed by atoms with E-state index in [2.05, 4.69) is 5.32 Å². The predicted molar refractivity (Wildman–Crippen MR) is 94.3 cm³/mol. The Morgan fingerprint density at radius 1 is 1.08 bits per heavy atom. The summed E-state index contributed by atoms with van der Waals surface area (Å²) in [6.07, 6.45) is 0. The molecule has 2 N–H and O–H groups in total. The number of carbonyl (C=O) groups is 1. The molecule has 1 heterocycles. The third kappa shape index (κ3) is 3.19. The molecular weight excluding hydrogens is 320 g/mol. The fourth-order valence-corrected chi connectivity index (χ4v) is 2.57. The van der Waals surface area contributed by atoms with Gasteiger partial charge in [0.15, 0.2) is 11.3 Å². The van der Waals surface area contributed by atoms with E-state index in [-0.39, 0.29) is 11.1 Å². The van der Waals surface area contributed by atoms with E-state index in [1.807, 2.05) is 19.1 Å². The standard InChI is InChI=1S/C19H18N2O4/c1-11-7-8-15(23-2)14(9-11)21-19(22)13-10-12-5-4-6-16(24-3)17(12)25-18(13)20/h4-10,20H,1-3H3,(H,21,22). The average molecular weight is 338 g/mol. The number of para-hydroxylation sites is 1. The number of nitrogens with one attached hydrogen (secondary N) is 2. The number of benzene rings is 2. The molecule has 2 aromatic carbocycles. The zero-order chi connectivity index (χ0) is 18.0. The van der Waals surface area contributed by atoms with E-state index < -0.39 is 5.91 Å². The third-order valence-corrected chi connectivity index (χ3v) is 3.83. The smallest absolute Gasteiger partial charge is 0.261 e. The van der Waals surface area contributed by atoms with E-state index in [1.54, 1.807) is 30.3 Å². The van der Waals surface area contributed by atoms with Gasteiger partial charge >= 0.3 is 0 Å². The lowest BCUT2D eigenvalue weighted by Gasteiger charge is -2.11. The van der Waals surface area contributed by atoms with Crippen LogP contribution in [-0.2, 0) is 0 Å². The fourth-order valence-electron chi connectivity index (χ4n) is 2.57. The van der Waals surface area contributed by atoms with Gasteiger partial charge in [-0.3, -0.25) is 10.2 Å². The molecule has 0 saturated carbocycles. The van der Waals surface area contributed by atoms with Gasteiger partial charge in [-0.25, -0.2) is 0 Å². The summed E-state index contributed by atoms with van der Waals surface area (Å²) in [5.74, 6) is 0.616. The molecule has 6 heteroatoms. The van der Waals surface area contributed by atoms with Crippen molar-refractivity contribution in [2.45, 2.75) is 6.92 Å². The highest BCUT2D eigenvalue weighted by molar-refractivity contribution is 6.06. The van der Waals surface area contributed by atoms with E-state index >= 15 is 0 Å². The minimum Gasteiger partial charge on any atom is -0.495 e. The van der Waals surface area contributed by atoms with Crippen LogP contribution in [-0.4, -0.2) is 20.1 Å². The van der Waals surface area contributed by atoms with E-state index in [0.29, 0.717) is 28.2 Å². The van der Waals surface area contributed by atoms with E-state index in [4.69, 9.17) is 19.3 Å². The molecule has 0 aliphatic rings. The molecule has 0 atom stereocenters. The van der Waals surface area contributed by atoms with Crippen LogP contribution in [0.4, 0.5) is 5.69 Å². The van der Waals surface area contributed by atoms with Crippen LogP contribution < -0.4 is 20.3 Å². The van der Waals surface area contributed by atoms with Crippen molar-refractivity contribution >= 4 is 22.6 Å². The Bertz CT molecular complexity index is 1010. The number of amides is 1. The second-order valence-electron chi connectivity index (χ2n) is 5.53.